The van der Waals surface area contributed by atoms with Crippen molar-refractivity contribution >= 4 is 17.9 Å². The Labute approximate surface area is 96.7 Å². The predicted octanol–water partition coefficient (Wildman–Crippen LogP) is 3.35. The first-order valence-electron chi connectivity index (χ1n) is 4.58. The van der Waals surface area contributed by atoms with E-state index < -0.39 is 0 Å². The third-order valence-electron chi connectivity index (χ3n) is 2.15. The fourth-order valence-electron chi connectivity index (χ4n) is 1.36. The number of hydrogen-bond donors (Lipinski definition) is 0. The summed E-state index contributed by atoms with van der Waals surface area (Å²) in [6.45, 7) is 0. The Balaban J connectivity index is 2.48. The number of pyridine rings is 1. The molecule has 0 aliphatic carbocycles. The second-order valence-electron chi connectivity index (χ2n) is 3.20. The van der Waals surface area contributed by atoms with E-state index in [-0.39, 0.29) is 16.7 Å². The van der Waals surface area contributed by atoms with Crippen molar-refractivity contribution < 1.29 is 9.18 Å². The third kappa shape index (κ3) is 2.09. The Morgan fingerprint density at radius 3 is 2.38 bits per heavy atom. The third-order valence-corrected chi connectivity index (χ3v) is 2.43. The average molecular weight is 236 g/mol. The van der Waals surface area contributed by atoms with Crippen LogP contribution >= 0.6 is 11.6 Å². The van der Waals surface area contributed by atoms with Gasteiger partial charge in [-0.25, -0.2) is 9.37 Å². The molecule has 0 amide bonds. The van der Waals surface area contributed by atoms with Crippen LogP contribution in [0.2, 0.25) is 5.15 Å². The topological polar surface area (TPSA) is 30.0 Å². The molecule has 80 valence electrons. The van der Waals surface area contributed by atoms with Crippen molar-refractivity contribution in [1.82, 2.24) is 4.98 Å². The van der Waals surface area contributed by atoms with Gasteiger partial charge in [0.15, 0.2) is 6.29 Å². The van der Waals surface area contributed by atoms with Crippen LogP contribution in [0.4, 0.5) is 4.39 Å². The van der Waals surface area contributed by atoms with Crippen molar-refractivity contribution in [3.05, 3.63) is 53.1 Å². The van der Waals surface area contributed by atoms with Crippen molar-refractivity contribution in [2.45, 2.75) is 0 Å². The zero-order valence-electron chi connectivity index (χ0n) is 8.15. The van der Waals surface area contributed by atoms with Crippen LogP contribution in [0.3, 0.4) is 0 Å². The summed E-state index contributed by atoms with van der Waals surface area (Å²) in [6, 6.07) is 9.17. The molecule has 0 fully saturated rings. The first-order valence-corrected chi connectivity index (χ1v) is 4.96. The molecule has 1 aromatic carbocycles. The van der Waals surface area contributed by atoms with E-state index in [0.717, 1.165) is 5.56 Å². The first kappa shape index (κ1) is 10.8. The van der Waals surface area contributed by atoms with Gasteiger partial charge in [-0.05, 0) is 29.8 Å². The number of aromatic nitrogens is 1. The zero-order valence-corrected chi connectivity index (χ0v) is 8.91. The highest BCUT2D eigenvalue weighted by Gasteiger charge is 2.05. The molecule has 0 saturated carbocycles. The van der Waals surface area contributed by atoms with E-state index >= 15 is 0 Å². The monoisotopic (exact) mass is 235 g/mol. The average Bonchev–Trinajstić information content (AvgIpc) is 2.30. The van der Waals surface area contributed by atoms with Crippen LogP contribution in [0.25, 0.3) is 11.1 Å². The lowest BCUT2D eigenvalue weighted by Gasteiger charge is -2.03. The summed E-state index contributed by atoms with van der Waals surface area (Å²) in [5.41, 5.74) is 1.71. The summed E-state index contributed by atoms with van der Waals surface area (Å²) in [5, 5.41) is 0.233. The summed E-state index contributed by atoms with van der Waals surface area (Å²) in [5.74, 6) is -0.308. The van der Waals surface area contributed by atoms with Crippen molar-refractivity contribution in [2.75, 3.05) is 0 Å². The molecule has 2 aromatic rings. The molecule has 2 nitrogen and oxygen atoms in total. The van der Waals surface area contributed by atoms with Crippen molar-refractivity contribution in [3.63, 3.8) is 0 Å². The van der Waals surface area contributed by atoms with E-state index in [9.17, 15) is 9.18 Å². The standard InChI is InChI=1S/C12H7ClFNO/c13-12-11(6-5-10(7-16)15-12)8-1-3-9(14)4-2-8/h1-7H. The second-order valence-corrected chi connectivity index (χ2v) is 3.56. The number of benzene rings is 1. The minimum atomic E-state index is -0.308. The van der Waals surface area contributed by atoms with Gasteiger partial charge >= 0.3 is 0 Å². The molecule has 0 unspecified atom stereocenters. The van der Waals surface area contributed by atoms with E-state index in [1.54, 1.807) is 24.3 Å². The second kappa shape index (κ2) is 4.41. The van der Waals surface area contributed by atoms with E-state index in [1.807, 2.05) is 0 Å². The maximum Gasteiger partial charge on any atom is 0.168 e. The maximum atomic E-state index is 12.7. The molecule has 16 heavy (non-hydrogen) atoms. The van der Waals surface area contributed by atoms with Gasteiger partial charge in [0.2, 0.25) is 0 Å². The lowest BCUT2D eigenvalue weighted by molar-refractivity contribution is 0.111. The fourth-order valence-corrected chi connectivity index (χ4v) is 1.63. The van der Waals surface area contributed by atoms with Crippen molar-refractivity contribution in [1.29, 1.82) is 0 Å². The van der Waals surface area contributed by atoms with Gasteiger partial charge < -0.3 is 0 Å². The number of halogens is 2. The molecule has 1 heterocycles. The molecular weight excluding hydrogens is 229 g/mol. The number of carbonyl (C=O) groups excluding carboxylic acids is 1. The van der Waals surface area contributed by atoms with E-state index in [4.69, 9.17) is 11.6 Å². The Morgan fingerprint density at radius 1 is 1.12 bits per heavy atom. The van der Waals surface area contributed by atoms with Gasteiger partial charge in [0.05, 0.1) is 0 Å². The Hall–Kier alpha value is -1.74. The molecule has 0 saturated heterocycles. The fraction of sp³-hybridized carbons (Fsp3) is 0. The van der Waals surface area contributed by atoms with E-state index in [1.165, 1.54) is 12.1 Å². The predicted molar refractivity (Wildman–Crippen MR) is 60.0 cm³/mol. The number of nitrogens with zero attached hydrogens (tertiary/aromatic N) is 1. The van der Waals surface area contributed by atoms with Gasteiger partial charge in [0, 0.05) is 5.56 Å². The van der Waals surface area contributed by atoms with Gasteiger partial charge in [-0.2, -0.15) is 0 Å². The molecule has 0 bridgehead atoms. The SMILES string of the molecule is O=Cc1ccc(-c2ccc(F)cc2)c(Cl)n1. The summed E-state index contributed by atoms with van der Waals surface area (Å²) in [6.07, 6.45) is 0.625. The molecule has 0 N–H and O–H groups in total. The highest BCUT2D eigenvalue weighted by atomic mass is 35.5. The number of aldehydes is 1. The molecule has 0 spiro atoms. The Bertz CT molecular complexity index is 525. The summed E-state index contributed by atoms with van der Waals surface area (Å²) >= 11 is 5.92. The Morgan fingerprint density at radius 2 is 1.81 bits per heavy atom. The lowest BCUT2D eigenvalue weighted by Crippen LogP contribution is -1.89. The highest BCUT2D eigenvalue weighted by molar-refractivity contribution is 6.32. The van der Waals surface area contributed by atoms with Crippen LogP contribution in [-0.2, 0) is 0 Å². The normalized spacial score (nSPS) is 10.1. The molecule has 0 radical (unpaired) electrons. The number of carbonyl (C=O) groups is 1. The lowest BCUT2D eigenvalue weighted by atomic mass is 10.1. The van der Waals surface area contributed by atoms with Crippen LogP contribution in [-0.4, -0.2) is 11.3 Å². The largest absolute Gasteiger partial charge is 0.296 e. The molecule has 2 rings (SSSR count). The minimum absolute atomic E-state index is 0.233. The van der Waals surface area contributed by atoms with Crippen molar-refractivity contribution in [2.24, 2.45) is 0 Å². The van der Waals surface area contributed by atoms with Gasteiger partial charge in [-0.1, -0.05) is 23.7 Å². The van der Waals surface area contributed by atoms with Crippen LogP contribution < -0.4 is 0 Å². The van der Waals surface area contributed by atoms with Gasteiger partial charge in [-0.15, -0.1) is 0 Å². The smallest absolute Gasteiger partial charge is 0.168 e. The number of rotatable bonds is 2. The van der Waals surface area contributed by atoms with Gasteiger partial charge in [-0.3, -0.25) is 4.79 Å². The van der Waals surface area contributed by atoms with Crippen LogP contribution in [0, 0.1) is 5.82 Å². The first-order chi connectivity index (χ1) is 7.70. The summed E-state index contributed by atoms with van der Waals surface area (Å²) in [4.78, 5) is 14.4. The number of hydrogen-bond acceptors (Lipinski definition) is 2. The van der Waals surface area contributed by atoms with Crippen molar-refractivity contribution in [3.8, 4) is 11.1 Å². The molecule has 0 atom stereocenters. The quantitative estimate of drug-likeness (QED) is 0.590. The van der Waals surface area contributed by atoms with E-state index in [0.29, 0.717) is 11.8 Å². The molecule has 0 aliphatic heterocycles. The highest BCUT2D eigenvalue weighted by Crippen LogP contribution is 2.26. The molecule has 0 aliphatic rings. The minimum Gasteiger partial charge on any atom is -0.296 e. The van der Waals surface area contributed by atoms with Crippen LogP contribution in [0.15, 0.2) is 36.4 Å². The van der Waals surface area contributed by atoms with Gasteiger partial charge in [0.1, 0.15) is 16.7 Å². The summed E-state index contributed by atoms with van der Waals surface area (Å²) < 4.78 is 12.7. The van der Waals surface area contributed by atoms with E-state index in [2.05, 4.69) is 4.98 Å². The maximum absolute atomic E-state index is 12.7. The van der Waals surface area contributed by atoms with Crippen LogP contribution in [0.5, 0.6) is 0 Å². The van der Waals surface area contributed by atoms with Crippen LogP contribution in [0.1, 0.15) is 10.5 Å². The molecule has 1 aromatic heterocycles. The zero-order chi connectivity index (χ0) is 11.5. The Kier molecular flexibility index (Phi) is 2.97. The van der Waals surface area contributed by atoms with Gasteiger partial charge in [0.25, 0.3) is 0 Å². The molecular formula is C12H7ClFNO. The summed E-state index contributed by atoms with van der Waals surface area (Å²) in [7, 11) is 0. The molecule has 4 heteroatoms.